The summed E-state index contributed by atoms with van der Waals surface area (Å²) in [4.78, 5) is 42.2. The molecule has 4 rings (SSSR count). The molecule has 1 fully saturated rings. The number of amides is 1. The monoisotopic (exact) mass is 419 g/mol. The Morgan fingerprint density at radius 2 is 1.87 bits per heavy atom. The van der Waals surface area contributed by atoms with E-state index in [2.05, 4.69) is 15.6 Å². The third kappa shape index (κ3) is 4.70. The minimum atomic E-state index is -0.513. The zero-order chi connectivity index (χ0) is 21.6. The first-order valence-corrected chi connectivity index (χ1v) is 10.3. The summed E-state index contributed by atoms with van der Waals surface area (Å²) in [6.45, 7) is 3.46. The molecule has 8 nitrogen and oxygen atoms in total. The van der Waals surface area contributed by atoms with Gasteiger partial charge in [0.25, 0.3) is 5.91 Å². The summed E-state index contributed by atoms with van der Waals surface area (Å²) in [6.07, 6.45) is 6.94. The molecule has 1 amide bonds. The third-order valence-corrected chi connectivity index (χ3v) is 5.70. The number of pyridine rings is 1. The second-order valence-corrected chi connectivity index (χ2v) is 7.61. The van der Waals surface area contributed by atoms with Crippen LogP contribution in [0.15, 0.2) is 55.0 Å². The number of aromatic nitrogens is 2. The van der Waals surface area contributed by atoms with Crippen molar-refractivity contribution in [3.63, 3.8) is 0 Å². The Morgan fingerprint density at radius 3 is 2.58 bits per heavy atom. The third-order valence-electron chi connectivity index (χ3n) is 5.70. The molecule has 2 N–H and O–H groups in total. The molecule has 0 bridgehead atoms. The van der Waals surface area contributed by atoms with E-state index >= 15 is 0 Å². The zero-order valence-corrected chi connectivity index (χ0v) is 17.1. The fourth-order valence-electron chi connectivity index (χ4n) is 3.93. The van der Waals surface area contributed by atoms with Crippen LogP contribution in [0.4, 0.5) is 0 Å². The van der Waals surface area contributed by atoms with Gasteiger partial charge in [-0.1, -0.05) is 24.3 Å². The Kier molecular flexibility index (Phi) is 6.49. The minimum absolute atomic E-state index is 0.176. The predicted octanol–water partition coefficient (Wildman–Crippen LogP) is 1.02. The lowest BCUT2D eigenvalue weighted by atomic mass is 9.91. The van der Waals surface area contributed by atoms with Crippen molar-refractivity contribution in [2.45, 2.75) is 18.5 Å². The quantitative estimate of drug-likeness (QED) is 0.530. The molecule has 0 saturated carbocycles. The van der Waals surface area contributed by atoms with Crippen LogP contribution >= 0.6 is 0 Å². The summed E-state index contributed by atoms with van der Waals surface area (Å²) >= 11 is 0. The summed E-state index contributed by atoms with van der Waals surface area (Å²) in [5, 5.41) is 6.16. The molecule has 2 atom stereocenters. The number of hydrogen-bond donors (Lipinski definition) is 2. The molecular formula is C23H25N5O3. The van der Waals surface area contributed by atoms with Crippen molar-refractivity contribution in [2.75, 3.05) is 26.2 Å². The Balaban J connectivity index is 1.40. The molecule has 2 unspecified atom stereocenters. The van der Waals surface area contributed by atoms with E-state index in [-0.39, 0.29) is 5.91 Å². The van der Waals surface area contributed by atoms with Crippen LogP contribution in [0.25, 0.3) is 5.65 Å². The van der Waals surface area contributed by atoms with Crippen molar-refractivity contribution in [3.8, 4) is 0 Å². The molecule has 3 heterocycles. The lowest BCUT2D eigenvalue weighted by molar-refractivity contribution is -0.118. The first kappa shape index (κ1) is 20.9. The number of hydrogen-bond acceptors (Lipinski definition) is 6. The highest BCUT2D eigenvalue weighted by molar-refractivity contribution is 5.94. The fraction of sp³-hybridized carbons (Fsp3) is 0.304. The normalized spacial score (nSPS) is 16.5. The Labute approximate surface area is 180 Å². The van der Waals surface area contributed by atoms with Gasteiger partial charge in [0.1, 0.15) is 18.2 Å². The number of aldehydes is 2. The molecule has 0 radical (unpaired) electrons. The van der Waals surface area contributed by atoms with E-state index in [1.165, 1.54) is 0 Å². The van der Waals surface area contributed by atoms with Crippen LogP contribution in [-0.2, 0) is 16.1 Å². The van der Waals surface area contributed by atoms with Gasteiger partial charge in [0.15, 0.2) is 0 Å². The topological polar surface area (TPSA) is 95.8 Å². The zero-order valence-electron chi connectivity index (χ0n) is 17.1. The van der Waals surface area contributed by atoms with Crippen molar-refractivity contribution in [1.29, 1.82) is 0 Å². The number of fused-ring (bicyclic) bond motifs is 1. The van der Waals surface area contributed by atoms with Gasteiger partial charge in [-0.25, -0.2) is 4.98 Å². The minimum Gasteiger partial charge on any atom is -0.348 e. The van der Waals surface area contributed by atoms with Gasteiger partial charge < -0.3 is 24.6 Å². The summed E-state index contributed by atoms with van der Waals surface area (Å²) < 4.78 is 1.80. The molecular weight excluding hydrogens is 394 g/mol. The first-order valence-electron chi connectivity index (χ1n) is 10.3. The largest absolute Gasteiger partial charge is 0.348 e. The Morgan fingerprint density at radius 1 is 1.10 bits per heavy atom. The Bertz CT molecular complexity index is 1060. The molecule has 0 spiro atoms. The fourth-order valence-corrected chi connectivity index (χ4v) is 3.93. The van der Waals surface area contributed by atoms with Gasteiger partial charge in [0.2, 0.25) is 0 Å². The SMILES string of the molecule is O=CC(c1ccc(CNC(=O)c2ccc3nccn3c2)cc1)C(C=O)N1CCNCC1. The van der Waals surface area contributed by atoms with E-state index in [0.29, 0.717) is 12.1 Å². The second kappa shape index (κ2) is 9.63. The summed E-state index contributed by atoms with van der Waals surface area (Å²) in [7, 11) is 0. The van der Waals surface area contributed by atoms with E-state index in [0.717, 1.165) is 55.5 Å². The highest BCUT2D eigenvalue weighted by atomic mass is 16.1. The van der Waals surface area contributed by atoms with Gasteiger partial charge in [-0.2, -0.15) is 0 Å². The van der Waals surface area contributed by atoms with Gasteiger partial charge >= 0.3 is 0 Å². The maximum atomic E-state index is 12.5. The number of piperazine rings is 1. The van der Waals surface area contributed by atoms with Gasteiger partial charge in [-0.3, -0.25) is 9.69 Å². The first-order chi connectivity index (χ1) is 15.2. The van der Waals surface area contributed by atoms with Gasteiger partial charge in [-0.05, 0) is 23.3 Å². The lowest BCUT2D eigenvalue weighted by Gasteiger charge is -2.34. The molecule has 1 aliphatic rings. The van der Waals surface area contributed by atoms with Crippen LogP contribution in [0.2, 0.25) is 0 Å². The lowest BCUT2D eigenvalue weighted by Crippen LogP contribution is -2.51. The van der Waals surface area contributed by atoms with Crippen LogP contribution in [0.3, 0.4) is 0 Å². The molecule has 2 aromatic heterocycles. The van der Waals surface area contributed by atoms with E-state index in [9.17, 15) is 14.4 Å². The number of rotatable bonds is 8. The van der Waals surface area contributed by atoms with Crippen molar-refractivity contribution in [3.05, 3.63) is 71.7 Å². The molecule has 31 heavy (non-hydrogen) atoms. The average molecular weight is 419 g/mol. The van der Waals surface area contributed by atoms with Crippen molar-refractivity contribution >= 4 is 24.1 Å². The summed E-state index contributed by atoms with van der Waals surface area (Å²) in [6, 6.07) is 10.5. The molecule has 1 aromatic carbocycles. The van der Waals surface area contributed by atoms with Gasteiger partial charge in [0, 0.05) is 51.3 Å². The van der Waals surface area contributed by atoms with E-state index in [1.54, 1.807) is 35.1 Å². The smallest absolute Gasteiger partial charge is 0.253 e. The van der Waals surface area contributed by atoms with Crippen molar-refractivity contribution < 1.29 is 14.4 Å². The maximum Gasteiger partial charge on any atom is 0.253 e. The second-order valence-electron chi connectivity index (χ2n) is 7.61. The predicted molar refractivity (Wildman–Crippen MR) is 116 cm³/mol. The van der Waals surface area contributed by atoms with E-state index in [1.807, 2.05) is 29.2 Å². The number of imidazole rings is 1. The van der Waals surface area contributed by atoms with Crippen LogP contribution in [-0.4, -0.2) is 65.0 Å². The summed E-state index contributed by atoms with van der Waals surface area (Å²) in [5.74, 6) is -0.689. The van der Waals surface area contributed by atoms with Crippen molar-refractivity contribution in [2.24, 2.45) is 0 Å². The van der Waals surface area contributed by atoms with Crippen LogP contribution < -0.4 is 10.6 Å². The van der Waals surface area contributed by atoms with Gasteiger partial charge in [-0.15, -0.1) is 0 Å². The molecule has 3 aromatic rings. The van der Waals surface area contributed by atoms with E-state index in [4.69, 9.17) is 0 Å². The molecule has 0 aliphatic carbocycles. The van der Waals surface area contributed by atoms with Crippen molar-refractivity contribution in [1.82, 2.24) is 24.9 Å². The summed E-state index contributed by atoms with van der Waals surface area (Å²) in [5.41, 5.74) is 3.04. The number of benzene rings is 1. The number of carbonyl (C=O) groups is 3. The van der Waals surface area contributed by atoms with Crippen LogP contribution in [0, 0.1) is 0 Å². The average Bonchev–Trinajstić information content (AvgIpc) is 3.30. The highest BCUT2D eigenvalue weighted by Gasteiger charge is 2.29. The molecule has 8 heteroatoms. The van der Waals surface area contributed by atoms with E-state index < -0.39 is 12.0 Å². The standard InChI is InChI=1S/C23H25N5O3/c29-15-20(21(16-30)27-10-7-24-8-11-27)18-3-1-17(2-4-18)13-26-23(31)19-5-6-22-25-9-12-28(22)14-19/h1-6,9,12,14-16,20-21,24H,7-8,10-11,13H2,(H,26,31). The highest BCUT2D eigenvalue weighted by Crippen LogP contribution is 2.22. The number of carbonyl (C=O) groups excluding carboxylic acids is 3. The molecule has 160 valence electrons. The number of nitrogens with one attached hydrogen (secondary N) is 2. The Hall–Kier alpha value is -3.36. The maximum absolute atomic E-state index is 12.5. The molecule has 1 aliphatic heterocycles. The van der Waals surface area contributed by atoms with Gasteiger partial charge in [0.05, 0.1) is 17.5 Å². The molecule has 1 saturated heterocycles. The van der Waals surface area contributed by atoms with Crippen LogP contribution in [0.1, 0.15) is 27.4 Å². The number of nitrogens with zero attached hydrogens (tertiary/aromatic N) is 3. The van der Waals surface area contributed by atoms with Crippen LogP contribution in [0.5, 0.6) is 0 Å².